The molecule has 0 aliphatic carbocycles. The van der Waals surface area contributed by atoms with Crippen LogP contribution >= 0.6 is 0 Å². The molecule has 22 heavy (non-hydrogen) atoms. The first-order valence-corrected chi connectivity index (χ1v) is 7.43. The molecule has 4 rings (SSSR count). The van der Waals surface area contributed by atoms with Gasteiger partial charge in [0.15, 0.2) is 11.5 Å². The summed E-state index contributed by atoms with van der Waals surface area (Å²) < 4.78 is 12.9. The maximum absolute atomic E-state index is 5.41. The summed E-state index contributed by atoms with van der Waals surface area (Å²) in [7, 11) is 2.09. The van der Waals surface area contributed by atoms with Gasteiger partial charge in [-0.3, -0.25) is 0 Å². The van der Waals surface area contributed by atoms with Crippen molar-refractivity contribution in [2.45, 2.75) is 13.1 Å². The molecule has 4 heteroatoms. The summed E-state index contributed by atoms with van der Waals surface area (Å²) in [6.07, 6.45) is 2.19. The number of nitrogens with one attached hydrogen (secondary N) is 1. The first-order valence-electron chi connectivity index (χ1n) is 7.43. The van der Waals surface area contributed by atoms with Gasteiger partial charge in [0.25, 0.3) is 0 Å². The van der Waals surface area contributed by atoms with Crippen LogP contribution in [0.5, 0.6) is 11.5 Å². The van der Waals surface area contributed by atoms with E-state index in [9.17, 15) is 0 Å². The molecule has 1 aliphatic rings. The SMILES string of the molecule is Cn1cc(CNCc2ccc3c(c2)OCO3)c2ccccc21. The molecule has 0 saturated heterocycles. The van der Waals surface area contributed by atoms with Crippen LogP contribution in [0.1, 0.15) is 11.1 Å². The van der Waals surface area contributed by atoms with Crippen LogP contribution in [0.25, 0.3) is 10.9 Å². The van der Waals surface area contributed by atoms with Crippen LogP contribution in [0.2, 0.25) is 0 Å². The number of hydrogen-bond donors (Lipinski definition) is 1. The third kappa shape index (κ3) is 2.31. The standard InChI is InChI=1S/C18H18N2O2/c1-20-11-14(15-4-2-3-5-16(15)20)10-19-9-13-6-7-17-18(8-13)22-12-21-17/h2-8,11,19H,9-10,12H2,1H3. The number of para-hydroxylation sites is 1. The van der Waals surface area contributed by atoms with Crippen molar-refractivity contribution in [3.8, 4) is 11.5 Å². The van der Waals surface area contributed by atoms with Crippen molar-refractivity contribution in [3.05, 3.63) is 59.8 Å². The highest BCUT2D eigenvalue weighted by Crippen LogP contribution is 2.32. The lowest BCUT2D eigenvalue weighted by Gasteiger charge is -2.05. The summed E-state index contributed by atoms with van der Waals surface area (Å²) in [5.41, 5.74) is 3.78. The topological polar surface area (TPSA) is 35.4 Å². The highest BCUT2D eigenvalue weighted by atomic mass is 16.7. The number of aromatic nitrogens is 1. The molecule has 0 atom stereocenters. The predicted octanol–water partition coefficient (Wildman–Crippen LogP) is 3.20. The maximum atomic E-state index is 5.41. The quantitative estimate of drug-likeness (QED) is 0.802. The minimum Gasteiger partial charge on any atom is -0.454 e. The summed E-state index contributed by atoms with van der Waals surface area (Å²) in [4.78, 5) is 0. The molecule has 3 aromatic rings. The van der Waals surface area contributed by atoms with Gasteiger partial charge >= 0.3 is 0 Å². The lowest BCUT2D eigenvalue weighted by atomic mass is 10.1. The zero-order valence-electron chi connectivity index (χ0n) is 12.5. The number of fused-ring (bicyclic) bond motifs is 2. The lowest BCUT2D eigenvalue weighted by molar-refractivity contribution is 0.174. The Morgan fingerprint density at radius 2 is 1.91 bits per heavy atom. The van der Waals surface area contributed by atoms with Gasteiger partial charge in [-0.25, -0.2) is 0 Å². The Balaban J connectivity index is 1.46. The summed E-state index contributed by atoms with van der Waals surface area (Å²) in [5.74, 6) is 1.67. The molecule has 0 spiro atoms. The van der Waals surface area contributed by atoms with Gasteiger partial charge in [0.05, 0.1) is 0 Å². The molecule has 1 N–H and O–H groups in total. The Labute approximate surface area is 129 Å². The second-order valence-corrected chi connectivity index (χ2v) is 5.57. The van der Waals surface area contributed by atoms with Crippen LogP contribution in [0.4, 0.5) is 0 Å². The normalized spacial score (nSPS) is 13.0. The van der Waals surface area contributed by atoms with Gasteiger partial charge in [-0.05, 0) is 29.3 Å². The molecule has 4 nitrogen and oxygen atoms in total. The predicted molar refractivity (Wildman–Crippen MR) is 86.0 cm³/mol. The van der Waals surface area contributed by atoms with Crippen LogP contribution in [-0.4, -0.2) is 11.4 Å². The zero-order chi connectivity index (χ0) is 14.9. The monoisotopic (exact) mass is 294 g/mol. The average Bonchev–Trinajstić information content (AvgIpc) is 3.13. The van der Waals surface area contributed by atoms with Crippen molar-refractivity contribution in [1.29, 1.82) is 0 Å². The van der Waals surface area contributed by atoms with Gasteiger partial charge in [0.1, 0.15) is 0 Å². The third-order valence-corrected chi connectivity index (χ3v) is 4.06. The molecular weight excluding hydrogens is 276 g/mol. The average molecular weight is 294 g/mol. The molecule has 0 saturated carbocycles. The summed E-state index contributed by atoms with van der Waals surface area (Å²) >= 11 is 0. The van der Waals surface area contributed by atoms with E-state index in [0.29, 0.717) is 6.79 Å². The molecule has 0 amide bonds. The molecule has 0 fully saturated rings. The van der Waals surface area contributed by atoms with E-state index in [2.05, 4.69) is 53.5 Å². The van der Waals surface area contributed by atoms with Crippen molar-refractivity contribution in [3.63, 3.8) is 0 Å². The largest absolute Gasteiger partial charge is 0.454 e. The summed E-state index contributed by atoms with van der Waals surface area (Å²) in [6.45, 7) is 1.97. The lowest BCUT2D eigenvalue weighted by Crippen LogP contribution is -2.12. The Kier molecular flexibility index (Phi) is 3.24. The van der Waals surface area contributed by atoms with Crippen molar-refractivity contribution < 1.29 is 9.47 Å². The highest BCUT2D eigenvalue weighted by Gasteiger charge is 2.13. The van der Waals surface area contributed by atoms with E-state index in [1.807, 2.05) is 12.1 Å². The third-order valence-electron chi connectivity index (χ3n) is 4.06. The minimum atomic E-state index is 0.322. The fourth-order valence-electron chi connectivity index (χ4n) is 2.96. The Bertz CT molecular complexity index is 823. The van der Waals surface area contributed by atoms with E-state index in [4.69, 9.17) is 9.47 Å². The molecule has 0 radical (unpaired) electrons. The minimum absolute atomic E-state index is 0.322. The second-order valence-electron chi connectivity index (χ2n) is 5.57. The Morgan fingerprint density at radius 1 is 1.05 bits per heavy atom. The van der Waals surface area contributed by atoms with Gasteiger partial charge < -0.3 is 19.4 Å². The van der Waals surface area contributed by atoms with Gasteiger partial charge in [0.2, 0.25) is 6.79 Å². The number of aryl methyl sites for hydroxylation is 1. The highest BCUT2D eigenvalue weighted by molar-refractivity contribution is 5.83. The van der Waals surface area contributed by atoms with Crippen LogP contribution in [0.15, 0.2) is 48.7 Å². The molecule has 0 unspecified atom stereocenters. The number of rotatable bonds is 4. The van der Waals surface area contributed by atoms with Crippen molar-refractivity contribution in [1.82, 2.24) is 9.88 Å². The van der Waals surface area contributed by atoms with Crippen molar-refractivity contribution in [2.24, 2.45) is 7.05 Å². The van der Waals surface area contributed by atoms with Crippen LogP contribution < -0.4 is 14.8 Å². The van der Waals surface area contributed by atoms with Crippen molar-refractivity contribution >= 4 is 10.9 Å². The first-order chi connectivity index (χ1) is 10.8. The van der Waals surface area contributed by atoms with Crippen LogP contribution in [0, 0.1) is 0 Å². The number of hydrogen-bond acceptors (Lipinski definition) is 3. The van der Waals surface area contributed by atoms with E-state index in [-0.39, 0.29) is 0 Å². The zero-order valence-corrected chi connectivity index (χ0v) is 12.5. The van der Waals surface area contributed by atoms with Gasteiger partial charge in [-0.15, -0.1) is 0 Å². The fraction of sp³-hybridized carbons (Fsp3) is 0.222. The second kappa shape index (κ2) is 5.39. The number of nitrogens with zero attached hydrogens (tertiary/aromatic N) is 1. The molecule has 1 aromatic heterocycles. The van der Waals surface area contributed by atoms with E-state index in [1.165, 1.54) is 22.0 Å². The van der Waals surface area contributed by atoms with E-state index < -0.39 is 0 Å². The molecular formula is C18H18N2O2. The van der Waals surface area contributed by atoms with Crippen LogP contribution in [0.3, 0.4) is 0 Å². The van der Waals surface area contributed by atoms with E-state index in [0.717, 1.165) is 24.6 Å². The first kappa shape index (κ1) is 13.2. The summed E-state index contributed by atoms with van der Waals surface area (Å²) in [6, 6.07) is 14.6. The van der Waals surface area contributed by atoms with E-state index >= 15 is 0 Å². The Morgan fingerprint density at radius 3 is 2.86 bits per heavy atom. The fourth-order valence-corrected chi connectivity index (χ4v) is 2.96. The molecule has 2 heterocycles. The van der Waals surface area contributed by atoms with Crippen molar-refractivity contribution in [2.75, 3.05) is 6.79 Å². The number of ether oxygens (including phenoxy) is 2. The molecule has 2 aromatic carbocycles. The molecule has 1 aliphatic heterocycles. The molecule has 0 bridgehead atoms. The maximum Gasteiger partial charge on any atom is 0.231 e. The smallest absolute Gasteiger partial charge is 0.231 e. The number of benzene rings is 2. The van der Waals surface area contributed by atoms with Gasteiger partial charge in [0, 0.05) is 37.2 Å². The molecule has 112 valence electrons. The Hall–Kier alpha value is -2.46. The van der Waals surface area contributed by atoms with E-state index in [1.54, 1.807) is 0 Å². The van der Waals surface area contributed by atoms with Gasteiger partial charge in [-0.1, -0.05) is 24.3 Å². The van der Waals surface area contributed by atoms with Crippen LogP contribution in [-0.2, 0) is 20.1 Å². The summed E-state index contributed by atoms with van der Waals surface area (Å²) in [5, 5.41) is 4.81. The van der Waals surface area contributed by atoms with Gasteiger partial charge in [-0.2, -0.15) is 0 Å².